The van der Waals surface area contributed by atoms with Gasteiger partial charge in [-0.2, -0.15) is 0 Å². The highest BCUT2D eigenvalue weighted by atomic mass is 16.7. The fraction of sp³-hybridized carbons (Fsp3) is 0.467. The maximum atomic E-state index is 6.13. The van der Waals surface area contributed by atoms with Gasteiger partial charge in [0.1, 0.15) is 0 Å². The van der Waals surface area contributed by atoms with Gasteiger partial charge < -0.3 is 14.2 Å². The molecule has 0 aromatic heterocycles. The third kappa shape index (κ3) is 1.82. The largest absolute Gasteiger partial charge is 0.455 e. The summed E-state index contributed by atoms with van der Waals surface area (Å²) in [5, 5.41) is 0. The van der Waals surface area contributed by atoms with Crippen LogP contribution in [0.4, 0.5) is 5.69 Å². The summed E-state index contributed by atoms with van der Waals surface area (Å²) < 4.78 is 12.1. The van der Waals surface area contributed by atoms with Gasteiger partial charge in [0.2, 0.25) is 0 Å². The van der Waals surface area contributed by atoms with Crippen LogP contribution in [0.15, 0.2) is 30.3 Å². The molecule has 100 valence electrons. The first kappa shape index (κ1) is 12.8. The van der Waals surface area contributed by atoms with Crippen LogP contribution < -0.4 is 4.90 Å². The van der Waals surface area contributed by atoms with E-state index in [9.17, 15) is 0 Å². The molecule has 2 aliphatic rings. The number of anilines is 1. The van der Waals surface area contributed by atoms with Crippen LogP contribution in [0.25, 0.3) is 6.08 Å². The Kier molecular flexibility index (Phi) is 2.77. The normalized spacial score (nSPS) is 28.6. The van der Waals surface area contributed by atoms with Crippen molar-refractivity contribution in [3.63, 3.8) is 0 Å². The van der Waals surface area contributed by atoms with Gasteiger partial charge in [-0.05, 0) is 39.2 Å². The number of benzene rings is 1. The molecule has 1 aromatic rings. The molecule has 3 rings (SSSR count). The maximum Gasteiger partial charge on any atom is 0.455 e. The minimum absolute atomic E-state index is 0.182. The van der Waals surface area contributed by atoms with Crippen molar-refractivity contribution in [2.75, 3.05) is 11.4 Å². The smallest absolute Gasteiger partial charge is 0.401 e. The fourth-order valence-corrected chi connectivity index (χ4v) is 3.06. The highest BCUT2D eigenvalue weighted by molar-refractivity contribution is 6.43. The van der Waals surface area contributed by atoms with Crippen LogP contribution >= 0.6 is 0 Å². The summed E-state index contributed by atoms with van der Waals surface area (Å²) in [7, 11) is -0.182. The van der Waals surface area contributed by atoms with Gasteiger partial charge >= 0.3 is 7.12 Å². The SMILES string of the molecule is CB1OC(C)(C)C(C)(N2CC=Cc3ccccc32)O1. The second kappa shape index (κ2) is 4.12. The first-order chi connectivity index (χ1) is 8.94. The van der Waals surface area contributed by atoms with Gasteiger partial charge in [0.15, 0.2) is 5.72 Å². The molecule has 1 fully saturated rings. The fourth-order valence-electron chi connectivity index (χ4n) is 3.06. The molecule has 0 spiro atoms. The molecule has 1 unspecified atom stereocenters. The van der Waals surface area contributed by atoms with Crippen molar-refractivity contribution in [3.05, 3.63) is 35.9 Å². The van der Waals surface area contributed by atoms with E-state index in [1.807, 2.05) is 6.82 Å². The maximum absolute atomic E-state index is 6.13. The van der Waals surface area contributed by atoms with E-state index in [-0.39, 0.29) is 12.7 Å². The van der Waals surface area contributed by atoms with Crippen LogP contribution in [-0.2, 0) is 9.31 Å². The summed E-state index contributed by atoms with van der Waals surface area (Å²) in [5.74, 6) is 0. The Morgan fingerprint density at radius 1 is 1.16 bits per heavy atom. The van der Waals surface area contributed by atoms with Gasteiger partial charge in [0.05, 0.1) is 5.60 Å². The van der Waals surface area contributed by atoms with Gasteiger partial charge in [-0.25, -0.2) is 0 Å². The van der Waals surface area contributed by atoms with Crippen LogP contribution in [0.5, 0.6) is 0 Å². The van der Waals surface area contributed by atoms with Crippen molar-refractivity contribution in [2.24, 2.45) is 0 Å². The lowest BCUT2D eigenvalue weighted by molar-refractivity contribution is -0.0102. The Bertz CT molecular complexity index is 529. The number of hydrogen-bond donors (Lipinski definition) is 0. The molecule has 0 amide bonds. The molecule has 1 saturated heterocycles. The summed E-state index contributed by atoms with van der Waals surface area (Å²) in [6.07, 6.45) is 4.34. The van der Waals surface area contributed by atoms with E-state index in [0.29, 0.717) is 0 Å². The first-order valence-electron chi connectivity index (χ1n) is 6.83. The third-order valence-electron chi connectivity index (χ3n) is 4.30. The minimum atomic E-state index is -0.465. The van der Waals surface area contributed by atoms with Crippen molar-refractivity contribution in [1.82, 2.24) is 0 Å². The van der Waals surface area contributed by atoms with E-state index >= 15 is 0 Å². The Hall–Kier alpha value is -1.26. The second-order valence-corrected chi connectivity index (χ2v) is 5.87. The molecule has 1 atom stereocenters. The molecular weight excluding hydrogens is 237 g/mol. The highest BCUT2D eigenvalue weighted by Gasteiger charge is 2.56. The van der Waals surface area contributed by atoms with Crippen molar-refractivity contribution >= 4 is 18.9 Å². The standard InChI is InChI=1S/C15H20BNO2/c1-14(2)15(3,19-16(4)18-14)17-11-7-9-12-8-5-6-10-13(12)17/h5-10H,11H2,1-4H3. The van der Waals surface area contributed by atoms with Crippen LogP contribution in [0.1, 0.15) is 26.3 Å². The number of rotatable bonds is 1. The highest BCUT2D eigenvalue weighted by Crippen LogP contribution is 2.43. The van der Waals surface area contributed by atoms with E-state index < -0.39 is 5.72 Å². The summed E-state index contributed by atoms with van der Waals surface area (Å²) in [4.78, 5) is 2.30. The van der Waals surface area contributed by atoms with E-state index in [0.717, 1.165) is 6.54 Å². The Balaban J connectivity index is 2.06. The molecule has 3 nitrogen and oxygen atoms in total. The zero-order valence-electron chi connectivity index (χ0n) is 12.0. The average Bonchev–Trinajstić information content (AvgIpc) is 2.57. The summed E-state index contributed by atoms with van der Waals surface area (Å²) >= 11 is 0. The van der Waals surface area contributed by atoms with Crippen molar-refractivity contribution in [1.29, 1.82) is 0 Å². The molecule has 0 saturated carbocycles. The first-order valence-corrected chi connectivity index (χ1v) is 6.83. The molecule has 19 heavy (non-hydrogen) atoms. The number of fused-ring (bicyclic) bond motifs is 1. The summed E-state index contributed by atoms with van der Waals surface area (Å²) in [6, 6.07) is 8.41. The monoisotopic (exact) mass is 257 g/mol. The lowest BCUT2D eigenvalue weighted by Crippen LogP contribution is -2.59. The predicted octanol–water partition coefficient (Wildman–Crippen LogP) is 3.18. The van der Waals surface area contributed by atoms with Gasteiger partial charge in [0.25, 0.3) is 0 Å². The van der Waals surface area contributed by atoms with Crippen molar-refractivity contribution < 1.29 is 9.31 Å². The van der Waals surface area contributed by atoms with E-state index in [2.05, 4.69) is 62.1 Å². The third-order valence-corrected chi connectivity index (χ3v) is 4.30. The summed E-state index contributed by atoms with van der Waals surface area (Å²) in [5.41, 5.74) is 1.62. The zero-order chi connectivity index (χ0) is 13.7. The number of nitrogens with zero attached hydrogens (tertiary/aromatic N) is 1. The van der Waals surface area contributed by atoms with Crippen LogP contribution in [-0.4, -0.2) is 25.0 Å². The average molecular weight is 257 g/mol. The molecule has 2 aliphatic heterocycles. The quantitative estimate of drug-likeness (QED) is 0.721. The lowest BCUT2D eigenvalue weighted by atomic mass is 9.92. The number of hydrogen-bond acceptors (Lipinski definition) is 3. The zero-order valence-corrected chi connectivity index (χ0v) is 12.0. The van der Waals surface area contributed by atoms with Crippen molar-refractivity contribution in [2.45, 2.75) is 38.9 Å². The van der Waals surface area contributed by atoms with Gasteiger partial charge in [-0.3, -0.25) is 0 Å². The molecule has 1 aromatic carbocycles. The molecule has 4 heteroatoms. The van der Waals surface area contributed by atoms with E-state index in [1.165, 1.54) is 11.3 Å². The van der Waals surface area contributed by atoms with Crippen LogP contribution in [0.2, 0.25) is 6.82 Å². The molecule has 0 aliphatic carbocycles. The summed E-state index contributed by atoms with van der Waals surface area (Å²) in [6.45, 7) is 9.10. The predicted molar refractivity (Wildman–Crippen MR) is 79.1 cm³/mol. The van der Waals surface area contributed by atoms with Gasteiger partial charge in [0, 0.05) is 12.2 Å². The van der Waals surface area contributed by atoms with Crippen LogP contribution in [0.3, 0.4) is 0 Å². The van der Waals surface area contributed by atoms with E-state index in [4.69, 9.17) is 9.31 Å². The molecule has 0 N–H and O–H groups in total. The molecule has 2 heterocycles. The topological polar surface area (TPSA) is 21.7 Å². The second-order valence-electron chi connectivity index (χ2n) is 5.87. The Morgan fingerprint density at radius 2 is 1.89 bits per heavy atom. The van der Waals surface area contributed by atoms with Gasteiger partial charge in [-0.1, -0.05) is 30.4 Å². The lowest BCUT2D eigenvalue weighted by Gasteiger charge is -2.47. The van der Waals surface area contributed by atoms with E-state index in [1.54, 1.807) is 0 Å². The molecule has 0 bridgehead atoms. The van der Waals surface area contributed by atoms with Crippen molar-refractivity contribution in [3.8, 4) is 0 Å². The van der Waals surface area contributed by atoms with Crippen LogP contribution in [0, 0.1) is 0 Å². The minimum Gasteiger partial charge on any atom is -0.401 e. The number of para-hydroxylation sites is 1. The molecule has 0 radical (unpaired) electrons. The molecular formula is C15H20BNO2. The van der Waals surface area contributed by atoms with Gasteiger partial charge in [-0.15, -0.1) is 0 Å². The Morgan fingerprint density at radius 3 is 2.58 bits per heavy atom. The Labute approximate surface area is 115 Å².